The Labute approximate surface area is 122 Å². The Balaban J connectivity index is 2.21. The minimum absolute atomic E-state index is 0.394. The van der Waals surface area contributed by atoms with Crippen LogP contribution in [0.3, 0.4) is 0 Å². The van der Waals surface area contributed by atoms with E-state index >= 15 is 0 Å². The van der Waals surface area contributed by atoms with Gasteiger partial charge in [-0.15, -0.1) is 0 Å². The molecule has 0 amide bonds. The molecular weight excluding hydrogens is 250 g/mol. The second-order valence-electron chi connectivity index (χ2n) is 5.51. The first kappa shape index (κ1) is 15.2. The van der Waals surface area contributed by atoms with Crippen molar-refractivity contribution in [1.82, 2.24) is 5.32 Å². The third-order valence-corrected chi connectivity index (χ3v) is 4.03. The molecule has 20 heavy (non-hydrogen) atoms. The highest BCUT2D eigenvalue weighted by Gasteiger charge is 2.22. The van der Waals surface area contributed by atoms with E-state index in [0.29, 0.717) is 25.2 Å². The van der Waals surface area contributed by atoms with Gasteiger partial charge in [0.05, 0.1) is 0 Å². The summed E-state index contributed by atoms with van der Waals surface area (Å²) in [6, 6.07) is 6.76. The molecule has 1 aromatic rings. The smallest absolute Gasteiger partial charge is 0.161 e. The van der Waals surface area contributed by atoms with Crippen LogP contribution in [0.5, 0.6) is 11.5 Å². The van der Waals surface area contributed by atoms with Crippen LogP contribution < -0.4 is 14.8 Å². The van der Waals surface area contributed by atoms with Crippen LogP contribution in [0.1, 0.15) is 51.1 Å². The Kier molecular flexibility index (Phi) is 5.72. The highest BCUT2D eigenvalue weighted by molar-refractivity contribution is 5.44. The number of hydrogen-bond donors (Lipinski definition) is 1. The molecule has 3 heteroatoms. The molecule has 0 radical (unpaired) electrons. The lowest BCUT2D eigenvalue weighted by atomic mass is 9.86. The van der Waals surface area contributed by atoms with Crippen molar-refractivity contribution in [2.75, 3.05) is 20.3 Å². The van der Waals surface area contributed by atoms with E-state index in [0.717, 1.165) is 11.5 Å². The minimum atomic E-state index is 0.394. The fourth-order valence-corrected chi connectivity index (χ4v) is 3.15. The van der Waals surface area contributed by atoms with E-state index in [1.807, 2.05) is 6.07 Å². The monoisotopic (exact) mass is 277 g/mol. The van der Waals surface area contributed by atoms with E-state index in [9.17, 15) is 0 Å². The summed E-state index contributed by atoms with van der Waals surface area (Å²) in [5, 5.41) is 3.50. The summed E-state index contributed by atoms with van der Waals surface area (Å²) in [5.74, 6) is 2.44. The number of rotatable bonds is 7. The number of ether oxygens (including phenoxy) is 2. The van der Waals surface area contributed by atoms with Gasteiger partial charge in [-0.3, -0.25) is 0 Å². The number of hydrogen-bond acceptors (Lipinski definition) is 3. The molecular formula is C17H27NO2. The summed E-state index contributed by atoms with van der Waals surface area (Å²) < 4.78 is 11.3. The van der Waals surface area contributed by atoms with E-state index in [-0.39, 0.29) is 0 Å². The SMILES string of the molecule is CCCC(CCC)C(NC)c1ccc2c(c1)OCCO2. The molecule has 0 spiro atoms. The van der Waals surface area contributed by atoms with E-state index in [1.165, 1.54) is 31.2 Å². The molecule has 112 valence electrons. The molecule has 1 atom stereocenters. The summed E-state index contributed by atoms with van der Waals surface area (Å²) in [6.07, 6.45) is 4.97. The minimum Gasteiger partial charge on any atom is -0.486 e. The Morgan fingerprint density at radius 2 is 1.70 bits per heavy atom. The van der Waals surface area contributed by atoms with Gasteiger partial charge in [-0.1, -0.05) is 32.8 Å². The van der Waals surface area contributed by atoms with Crippen LogP contribution in [0, 0.1) is 5.92 Å². The predicted octanol–water partition coefficient (Wildman–Crippen LogP) is 3.93. The van der Waals surface area contributed by atoms with Crippen LogP contribution in [-0.4, -0.2) is 20.3 Å². The van der Waals surface area contributed by atoms with Gasteiger partial charge in [0.15, 0.2) is 11.5 Å². The molecule has 0 aliphatic carbocycles. The Hall–Kier alpha value is -1.22. The molecule has 1 aliphatic rings. The van der Waals surface area contributed by atoms with Gasteiger partial charge in [-0.25, -0.2) is 0 Å². The van der Waals surface area contributed by atoms with Crippen molar-refractivity contribution in [3.63, 3.8) is 0 Å². The third kappa shape index (κ3) is 3.45. The van der Waals surface area contributed by atoms with Crippen molar-refractivity contribution in [2.24, 2.45) is 5.92 Å². The standard InChI is InChI=1S/C17H27NO2/c1-4-6-13(7-5-2)17(18-3)14-8-9-15-16(12-14)20-11-10-19-15/h8-9,12-13,17-18H,4-7,10-11H2,1-3H3. The molecule has 0 aromatic heterocycles. The maximum Gasteiger partial charge on any atom is 0.161 e. The van der Waals surface area contributed by atoms with Crippen molar-refractivity contribution >= 4 is 0 Å². The fourth-order valence-electron chi connectivity index (χ4n) is 3.15. The second-order valence-corrected chi connectivity index (χ2v) is 5.51. The zero-order valence-electron chi connectivity index (χ0n) is 12.9. The number of fused-ring (bicyclic) bond motifs is 1. The van der Waals surface area contributed by atoms with E-state index < -0.39 is 0 Å². The Morgan fingerprint density at radius 3 is 2.30 bits per heavy atom. The van der Waals surface area contributed by atoms with Crippen LogP contribution >= 0.6 is 0 Å². The van der Waals surface area contributed by atoms with Crippen LogP contribution in [0.25, 0.3) is 0 Å². The molecule has 0 bridgehead atoms. The molecule has 1 heterocycles. The zero-order valence-corrected chi connectivity index (χ0v) is 12.9. The molecule has 0 saturated heterocycles. The molecule has 0 fully saturated rings. The molecule has 1 aromatic carbocycles. The largest absolute Gasteiger partial charge is 0.486 e. The van der Waals surface area contributed by atoms with Gasteiger partial charge in [0, 0.05) is 6.04 Å². The lowest BCUT2D eigenvalue weighted by Crippen LogP contribution is -2.25. The third-order valence-electron chi connectivity index (χ3n) is 4.03. The van der Waals surface area contributed by atoms with Crippen LogP contribution in [0.2, 0.25) is 0 Å². The topological polar surface area (TPSA) is 30.5 Å². The molecule has 1 N–H and O–H groups in total. The maximum atomic E-state index is 5.71. The summed E-state index contributed by atoms with van der Waals surface area (Å²) in [5.41, 5.74) is 1.31. The first-order valence-electron chi connectivity index (χ1n) is 7.87. The normalized spacial score (nSPS) is 15.4. The lowest BCUT2D eigenvalue weighted by Gasteiger charge is -2.28. The summed E-state index contributed by atoms with van der Waals surface area (Å²) >= 11 is 0. The Bertz CT molecular complexity index is 413. The quantitative estimate of drug-likeness (QED) is 0.819. The van der Waals surface area contributed by atoms with E-state index in [4.69, 9.17) is 9.47 Å². The van der Waals surface area contributed by atoms with Gasteiger partial charge >= 0.3 is 0 Å². The maximum absolute atomic E-state index is 5.71. The molecule has 3 nitrogen and oxygen atoms in total. The fraction of sp³-hybridized carbons (Fsp3) is 0.647. The van der Waals surface area contributed by atoms with Gasteiger partial charge in [-0.05, 0) is 43.5 Å². The first-order valence-corrected chi connectivity index (χ1v) is 7.87. The summed E-state index contributed by atoms with van der Waals surface area (Å²) in [7, 11) is 2.06. The van der Waals surface area contributed by atoms with Crippen molar-refractivity contribution in [2.45, 2.75) is 45.6 Å². The van der Waals surface area contributed by atoms with Crippen molar-refractivity contribution < 1.29 is 9.47 Å². The predicted molar refractivity (Wildman–Crippen MR) is 82.5 cm³/mol. The van der Waals surface area contributed by atoms with Crippen LogP contribution in [-0.2, 0) is 0 Å². The van der Waals surface area contributed by atoms with Gasteiger partial charge in [0.2, 0.25) is 0 Å². The second kappa shape index (κ2) is 7.53. The average molecular weight is 277 g/mol. The van der Waals surface area contributed by atoms with Gasteiger partial charge in [0.25, 0.3) is 0 Å². The highest BCUT2D eigenvalue weighted by atomic mass is 16.6. The van der Waals surface area contributed by atoms with Crippen molar-refractivity contribution in [3.05, 3.63) is 23.8 Å². The van der Waals surface area contributed by atoms with Gasteiger partial charge in [-0.2, -0.15) is 0 Å². The summed E-state index contributed by atoms with van der Waals surface area (Å²) in [4.78, 5) is 0. The lowest BCUT2D eigenvalue weighted by molar-refractivity contribution is 0.171. The molecule has 1 unspecified atom stereocenters. The van der Waals surface area contributed by atoms with Crippen molar-refractivity contribution in [3.8, 4) is 11.5 Å². The van der Waals surface area contributed by atoms with Crippen molar-refractivity contribution in [1.29, 1.82) is 0 Å². The number of nitrogens with one attached hydrogen (secondary N) is 1. The van der Waals surface area contributed by atoms with Crippen LogP contribution in [0.15, 0.2) is 18.2 Å². The van der Waals surface area contributed by atoms with Gasteiger partial charge in [0.1, 0.15) is 13.2 Å². The average Bonchev–Trinajstić information content (AvgIpc) is 2.48. The molecule has 1 aliphatic heterocycles. The first-order chi connectivity index (χ1) is 9.80. The summed E-state index contributed by atoms with van der Waals surface area (Å²) in [6.45, 7) is 5.82. The molecule has 0 saturated carbocycles. The van der Waals surface area contributed by atoms with Gasteiger partial charge < -0.3 is 14.8 Å². The van der Waals surface area contributed by atoms with Crippen LogP contribution in [0.4, 0.5) is 0 Å². The number of benzene rings is 1. The Morgan fingerprint density at radius 1 is 1.05 bits per heavy atom. The van der Waals surface area contributed by atoms with E-state index in [1.54, 1.807) is 0 Å². The van der Waals surface area contributed by atoms with E-state index in [2.05, 4.69) is 38.3 Å². The molecule has 2 rings (SSSR count). The zero-order chi connectivity index (χ0) is 14.4. The highest BCUT2D eigenvalue weighted by Crippen LogP contribution is 2.36.